The van der Waals surface area contributed by atoms with Gasteiger partial charge in [0.05, 0.1) is 0 Å². The molecule has 33 heavy (non-hydrogen) atoms. The number of thioether (sulfide) groups is 1. The van der Waals surface area contributed by atoms with Crippen LogP contribution >= 0.6 is 11.8 Å². The van der Waals surface area contributed by atoms with Gasteiger partial charge in [-0.25, -0.2) is 0 Å². The predicted molar refractivity (Wildman–Crippen MR) is 131 cm³/mol. The van der Waals surface area contributed by atoms with E-state index in [2.05, 4.69) is 10.6 Å². The fourth-order valence-electron chi connectivity index (χ4n) is 4.66. The van der Waals surface area contributed by atoms with Gasteiger partial charge in [-0.1, -0.05) is 62.4 Å². The lowest BCUT2D eigenvalue weighted by atomic mass is 9.98. The Morgan fingerprint density at radius 1 is 1.06 bits per heavy atom. The number of fused-ring (bicyclic) bond motifs is 3. The zero-order chi connectivity index (χ0) is 23.8. The third kappa shape index (κ3) is 4.51. The molecule has 2 aromatic rings. The summed E-state index contributed by atoms with van der Waals surface area (Å²) in [6.45, 7) is 8.29. The SMILES string of the molecule is CC(C)C(NC(=O)C1N2C(=O)c3ccccc3C2SC1(C)C)C(=O)NCCc1ccccc1. The fourth-order valence-corrected chi connectivity index (χ4v) is 6.24. The van der Waals surface area contributed by atoms with E-state index in [0.717, 1.165) is 17.5 Å². The van der Waals surface area contributed by atoms with Gasteiger partial charge in [0.15, 0.2) is 0 Å². The zero-order valence-corrected chi connectivity index (χ0v) is 20.3. The molecule has 0 bridgehead atoms. The number of carbonyl (C=O) groups is 3. The Balaban J connectivity index is 1.46. The summed E-state index contributed by atoms with van der Waals surface area (Å²) in [5.41, 5.74) is 2.75. The molecule has 2 aliphatic rings. The van der Waals surface area contributed by atoms with Gasteiger partial charge in [-0.05, 0) is 43.4 Å². The molecule has 1 saturated heterocycles. The van der Waals surface area contributed by atoms with Gasteiger partial charge in [0.2, 0.25) is 11.8 Å². The summed E-state index contributed by atoms with van der Waals surface area (Å²) in [6, 6.07) is 16.2. The van der Waals surface area contributed by atoms with Crippen LogP contribution in [-0.4, -0.2) is 46.0 Å². The van der Waals surface area contributed by atoms with E-state index in [0.29, 0.717) is 12.1 Å². The lowest BCUT2D eigenvalue weighted by molar-refractivity contribution is -0.132. The normalized spacial score (nSPS) is 21.5. The molecule has 2 aliphatic heterocycles. The Morgan fingerprint density at radius 3 is 2.42 bits per heavy atom. The summed E-state index contributed by atoms with van der Waals surface area (Å²) in [6.07, 6.45) is 0.722. The zero-order valence-electron chi connectivity index (χ0n) is 19.5. The van der Waals surface area contributed by atoms with Gasteiger partial charge >= 0.3 is 0 Å². The maximum atomic E-state index is 13.5. The smallest absolute Gasteiger partial charge is 0.256 e. The van der Waals surface area contributed by atoms with Crippen molar-refractivity contribution in [1.29, 1.82) is 0 Å². The molecule has 0 radical (unpaired) electrons. The average Bonchev–Trinajstić information content (AvgIpc) is 3.21. The number of benzene rings is 2. The number of nitrogens with one attached hydrogen (secondary N) is 2. The Kier molecular flexibility index (Phi) is 6.52. The van der Waals surface area contributed by atoms with Crippen molar-refractivity contribution < 1.29 is 14.4 Å². The van der Waals surface area contributed by atoms with E-state index in [1.54, 1.807) is 16.7 Å². The second-order valence-electron chi connectivity index (χ2n) is 9.53. The molecular formula is C26H31N3O3S. The van der Waals surface area contributed by atoms with E-state index in [-0.39, 0.29) is 29.0 Å². The number of hydrogen-bond acceptors (Lipinski definition) is 4. The van der Waals surface area contributed by atoms with Crippen LogP contribution in [0.1, 0.15) is 54.6 Å². The van der Waals surface area contributed by atoms with Crippen molar-refractivity contribution in [1.82, 2.24) is 15.5 Å². The number of hydrogen-bond donors (Lipinski definition) is 2. The largest absolute Gasteiger partial charge is 0.354 e. The van der Waals surface area contributed by atoms with Gasteiger partial charge in [-0.15, -0.1) is 11.8 Å². The van der Waals surface area contributed by atoms with Gasteiger partial charge < -0.3 is 15.5 Å². The standard InChI is InChI=1S/C26H31N3O3S/c1-16(2)20(22(30)27-15-14-17-10-6-5-7-11-17)28-23(31)21-26(3,4)33-25-19-13-9-8-12-18(19)24(32)29(21)25/h5-13,16,20-21,25H,14-15H2,1-4H3,(H,27,30)(H,28,31). The van der Waals surface area contributed by atoms with Crippen molar-refractivity contribution >= 4 is 29.5 Å². The molecule has 4 rings (SSSR count). The fraction of sp³-hybridized carbons (Fsp3) is 0.423. The first-order chi connectivity index (χ1) is 15.7. The minimum atomic E-state index is -0.673. The third-order valence-corrected chi connectivity index (χ3v) is 7.88. The number of rotatable bonds is 7. The van der Waals surface area contributed by atoms with Crippen molar-refractivity contribution in [2.45, 2.75) is 56.3 Å². The van der Waals surface area contributed by atoms with E-state index in [9.17, 15) is 14.4 Å². The van der Waals surface area contributed by atoms with Crippen LogP contribution in [0.3, 0.4) is 0 Å². The number of carbonyl (C=O) groups excluding carboxylic acids is 3. The third-order valence-electron chi connectivity index (χ3n) is 6.35. The highest BCUT2D eigenvalue weighted by atomic mass is 32.2. The molecular weight excluding hydrogens is 434 g/mol. The first-order valence-corrected chi connectivity index (χ1v) is 12.3. The second-order valence-corrected chi connectivity index (χ2v) is 11.3. The van der Waals surface area contributed by atoms with Gasteiger partial charge in [0, 0.05) is 16.9 Å². The molecule has 6 nitrogen and oxygen atoms in total. The molecule has 2 N–H and O–H groups in total. The van der Waals surface area contributed by atoms with E-state index >= 15 is 0 Å². The molecule has 2 heterocycles. The summed E-state index contributed by atoms with van der Waals surface area (Å²) >= 11 is 1.62. The van der Waals surface area contributed by atoms with E-state index in [1.807, 2.05) is 82.3 Å². The minimum Gasteiger partial charge on any atom is -0.354 e. The lowest BCUT2D eigenvalue weighted by Gasteiger charge is -2.32. The molecule has 2 aromatic carbocycles. The molecule has 0 spiro atoms. The first kappa shape index (κ1) is 23.4. The molecule has 0 aliphatic carbocycles. The van der Waals surface area contributed by atoms with Crippen LogP contribution in [0.25, 0.3) is 0 Å². The second kappa shape index (κ2) is 9.21. The van der Waals surface area contributed by atoms with Crippen molar-refractivity contribution in [2.24, 2.45) is 5.92 Å². The maximum absolute atomic E-state index is 13.5. The molecule has 3 atom stereocenters. The highest BCUT2D eigenvalue weighted by Gasteiger charge is 2.57. The monoisotopic (exact) mass is 465 g/mol. The quantitative estimate of drug-likeness (QED) is 0.656. The molecule has 1 fully saturated rings. The summed E-state index contributed by atoms with van der Waals surface area (Å²) in [7, 11) is 0. The molecule has 0 saturated carbocycles. The Bertz CT molecular complexity index is 1050. The van der Waals surface area contributed by atoms with Gasteiger partial charge in [-0.3, -0.25) is 14.4 Å². The van der Waals surface area contributed by atoms with Crippen LogP contribution in [0, 0.1) is 5.92 Å². The summed E-state index contributed by atoms with van der Waals surface area (Å²) < 4.78 is -0.483. The van der Waals surface area contributed by atoms with Gasteiger partial charge in [-0.2, -0.15) is 0 Å². The Morgan fingerprint density at radius 2 is 1.73 bits per heavy atom. The molecule has 0 aromatic heterocycles. The van der Waals surface area contributed by atoms with Crippen LogP contribution in [-0.2, 0) is 16.0 Å². The topological polar surface area (TPSA) is 78.5 Å². The Labute approximate surface area is 199 Å². The van der Waals surface area contributed by atoms with Crippen LogP contribution in [0.4, 0.5) is 0 Å². The first-order valence-electron chi connectivity index (χ1n) is 11.4. The maximum Gasteiger partial charge on any atom is 0.256 e. The van der Waals surface area contributed by atoms with Crippen LogP contribution in [0.2, 0.25) is 0 Å². The van der Waals surface area contributed by atoms with E-state index in [4.69, 9.17) is 0 Å². The highest BCUT2D eigenvalue weighted by molar-refractivity contribution is 8.01. The summed E-state index contributed by atoms with van der Waals surface area (Å²) in [5.74, 6) is -0.703. The number of nitrogens with zero attached hydrogens (tertiary/aromatic N) is 1. The van der Waals surface area contributed by atoms with Gasteiger partial charge in [0.25, 0.3) is 5.91 Å². The van der Waals surface area contributed by atoms with Crippen molar-refractivity contribution in [2.75, 3.05) is 6.54 Å². The number of amides is 3. The van der Waals surface area contributed by atoms with Gasteiger partial charge in [0.1, 0.15) is 17.5 Å². The predicted octanol–water partition coefficient (Wildman–Crippen LogP) is 3.53. The summed E-state index contributed by atoms with van der Waals surface area (Å²) in [5, 5.41) is 5.74. The summed E-state index contributed by atoms with van der Waals surface area (Å²) in [4.78, 5) is 41.3. The molecule has 174 valence electrons. The Hall–Kier alpha value is -2.80. The molecule has 3 unspecified atom stereocenters. The van der Waals surface area contributed by atoms with Crippen molar-refractivity contribution in [3.8, 4) is 0 Å². The van der Waals surface area contributed by atoms with Crippen molar-refractivity contribution in [3.63, 3.8) is 0 Å². The molecule has 7 heteroatoms. The van der Waals surface area contributed by atoms with Crippen molar-refractivity contribution in [3.05, 3.63) is 71.3 Å². The average molecular weight is 466 g/mol. The van der Waals surface area contributed by atoms with E-state index < -0.39 is 16.8 Å². The van der Waals surface area contributed by atoms with Crippen LogP contribution in [0.15, 0.2) is 54.6 Å². The van der Waals surface area contributed by atoms with E-state index in [1.165, 1.54) is 0 Å². The lowest BCUT2D eigenvalue weighted by Crippen LogP contribution is -2.58. The highest BCUT2D eigenvalue weighted by Crippen LogP contribution is 2.56. The molecule has 3 amide bonds. The minimum absolute atomic E-state index is 0.0925. The van der Waals surface area contributed by atoms with Crippen LogP contribution in [0.5, 0.6) is 0 Å². The van der Waals surface area contributed by atoms with Crippen LogP contribution < -0.4 is 10.6 Å².